The van der Waals surface area contributed by atoms with Crippen molar-refractivity contribution in [3.63, 3.8) is 0 Å². The molecular formula is C12H14F2O. The molecule has 0 amide bonds. The molecule has 0 heterocycles. The van der Waals surface area contributed by atoms with Crippen LogP contribution >= 0.6 is 0 Å². The molecule has 1 aliphatic carbocycles. The Kier molecular flexibility index (Phi) is 3.00. The Morgan fingerprint density at radius 2 is 2.00 bits per heavy atom. The monoisotopic (exact) mass is 212 g/mol. The van der Waals surface area contributed by atoms with Gasteiger partial charge in [0.15, 0.2) is 11.6 Å². The number of rotatable bonds is 1. The number of aliphatic hydroxyl groups excluding tert-OH is 1. The predicted octanol–water partition coefficient (Wildman–Crippen LogP) is 2.98. The van der Waals surface area contributed by atoms with Gasteiger partial charge in [0, 0.05) is 0 Å². The molecule has 1 N–H and O–H groups in total. The SMILES string of the molecule is OC1CCCC(c2cccc(F)c2F)C1. The molecule has 1 saturated carbocycles. The first-order chi connectivity index (χ1) is 7.18. The minimum Gasteiger partial charge on any atom is -0.393 e. The summed E-state index contributed by atoms with van der Waals surface area (Å²) in [5, 5.41) is 9.48. The van der Waals surface area contributed by atoms with Gasteiger partial charge in [-0.15, -0.1) is 0 Å². The van der Waals surface area contributed by atoms with Crippen LogP contribution in [0.15, 0.2) is 18.2 Å². The molecule has 0 spiro atoms. The molecule has 1 aromatic carbocycles. The largest absolute Gasteiger partial charge is 0.393 e. The zero-order valence-electron chi connectivity index (χ0n) is 8.42. The van der Waals surface area contributed by atoms with E-state index >= 15 is 0 Å². The van der Waals surface area contributed by atoms with Crippen LogP contribution in [0.5, 0.6) is 0 Å². The van der Waals surface area contributed by atoms with Crippen LogP contribution in [0, 0.1) is 11.6 Å². The lowest BCUT2D eigenvalue weighted by Crippen LogP contribution is -2.19. The normalized spacial score (nSPS) is 26.6. The van der Waals surface area contributed by atoms with Crippen LogP contribution in [0.2, 0.25) is 0 Å². The molecule has 0 radical (unpaired) electrons. The minimum atomic E-state index is -0.799. The molecule has 0 aromatic heterocycles. The van der Waals surface area contributed by atoms with Gasteiger partial charge in [-0.2, -0.15) is 0 Å². The van der Waals surface area contributed by atoms with Crippen LogP contribution in [-0.4, -0.2) is 11.2 Å². The fourth-order valence-corrected chi connectivity index (χ4v) is 2.28. The van der Waals surface area contributed by atoms with Gasteiger partial charge < -0.3 is 5.11 Å². The topological polar surface area (TPSA) is 20.2 Å². The number of benzene rings is 1. The van der Waals surface area contributed by atoms with Crippen LogP contribution in [0.1, 0.15) is 37.2 Å². The average Bonchev–Trinajstić information content (AvgIpc) is 2.22. The van der Waals surface area contributed by atoms with E-state index in [9.17, 15) is 13.9 Å². The highest BCUT2D eigenvalue weighted by molar-refractivity contribution is 5.23. The van der Waals surface area contributed by atoms with Crippen LogP contribution in [0.4, 0.5) is 8.78 Å². The van der Waals surface area contributed by atoms with Gasteiger partial charge in [-0.3, -0.25) is 0 Å². The Labute approximate surface area is 87.7 Å². The lowest BCUT2D eigenvalue weighted by atomic mass is 9.82. The third kappa shape index (κ3) is 2.17. The van der Waals surface area contributed by atoms with Crippen molar-refractivity contribution in [3.8, 4) is 0 Å². The molecule has 82 valence electrons. The van der Waals surface area contributed by atoms with Gasteiger partial charge in [0.25, 0.3) is 0 Å². The fourth-order valence-electron chi connectivity index (χ4n) is 2.28. The molecule has 0 saturated heterocycles. The van der Waals surface area contributed by atoms with E-state index in [-0.39, 0.29) is 12.0 Å². The molecule has 0 bridgehead atoms. The van der Waals surface area contributed by atoms with Crippen molar-refractivity contribution < 1.29 is 13.9 Å². The third-order valence-corrected chi connectivity index (χ3v) is 3.07. The van der Waals surface area contributed by atoms with E-state index in [4.69, 9.17) is 0 Å². The molecule has 0 aliphatic heterocycles. The summed E-state index contributed by atoms with van der Waals surface area (Å²) in [6.07, 6.45) is 2.65. The summed E-state index contributed by atoms with van der Waals surface area (Å²) in [6.45, 7) is 0. The summed E-state index contributed by atoms with van der Waals surface area (Å²) in [6, 6.07) is 4.26. The van der Waals surface area contributed by atoms with E-state index in [1.165, 1.54) is 6.07 Å². The molecular weight excluding hydrogens is 198 g/mol. The highest BCUT2D eigenvalue weighted by Gasteiger charge is 2.24. The van der Waals surface area contributed by atoms with Gasteiger partial charge in [0.1, 0.15) is 0 Å². The van der Waals surface area contributed by atoms with Crippen molar-refractivity contribution in [1.82, 2.24) is 0 Å². The molecule has 2 rings (SSSR count). The number of halogens is 2. The highest BCUT2D eigenvalue weighted by atomic mass is 19.2. The van der Waals surface area contributed by atoms with Gasteiger partial charge in [0.05, 0.1) is 6.10 Å². The second-order valence-electron chi connectivity index (χ2n) is 4.16. The molecule has 1 nitrogen and oxygen atoms in total. The van der Waals surface area contributed by atoms with Crippen molar-refractivity contribution in [1.29, 1.82) is 0 Å². The Bertz CT molecular complexity index is 351. The Morgan fingerprint density at radius 3 is 2.73 bits per heavy atom. The second-order valence-corrected chi connectivity index (χ2v) is 4.16. The van der Waals surface area contributed by atoms with Crippen molar-refractivity contribution in [2.75, 3.05) is 0 Å². The Balaban J connectivity index is 2.24. The first-order valence-corrected chi connectivity index (χ1v) is 5.30. The van der Waals surface area contributed by atoms with Crippen LogP contribution < -0.4 is 0 Å². The molecule has 15 heavy (non-hydrogen) atoms. The summed E-state index contributed by atoms with van der Waals surface area (Å²) in [5.74, 6) is -1.59. The first-order valence-electron chi connectivity index (χ1n) is 5.30. The van der Waals surface area contributed by atoms with Gasteiger partial charge in [0.2, 0.25) is 0 Å². The first kappa shape index (κ1) is 10.6. The summed E-state index contributed by atoms with van der Waals surface area (Å²) >= 11 is 0. The molecule has 3 heteroatoms. The summed E-state index contributed by atoms with van der Waals surface area (Å²) < 4.78 is 26.5. The molecule has 2 unspecified atom stereocenters. The zero-order chi connectivity index (χ0) is 10.8. The molecule has 2 atom stereocenters. The van der Waals surface area contributed by atoms with Crippen molar-refractivity contribution in [2.45, 2.75) is 37.7 Å². The molecule has 1 aromatic rings. The van der Waals surface area contributed by atoms with Gasteiger partial charge in [-0.05, 0) is 36.8 Å². The van der Waals surface area contributed by atoms with Gasteiger partial charge >= 0.3 is 0 Å². The van der Waals surface area contributed by atoms with Crippen molar-refractivity contribution in [2.24, 2.45) is 0 Å². The highest BCUT2D eigenvalue weighted by Crippen LogP contribution is 2.34. The van der Waals surface area contributed by atoms with Gasteiger partial charge in [-0.25, -0.2) is 8.78 Å². The van der Waals surface area contributed by atoms with E-state index < -0.39 is 11.6 Å². The summed E-state index contributed by atoms with van der Waals surface area (Å²) in [4.78, 5) is 0. The smallest absolute Gasteiger partial charge is 0.162 e. The maximum atomic E-state index is 13.5. The van der Waals surface area contributed by atoms with Crippen molar-refractivity contribution in [3.05, 3.63) is 35.4 Å². The van der Waals surface area contributed by atoms with Crippen LogP contribution in [0.25, 0.3) is 0 Å². The third-order valence-electron chi connectivity index (χ3n) is 3.07. The van der Waals surface area contributed by atoms with Crippen LogP contribution in [0.3, 0.4) is 0 Å². The van der Waals surface area contributed by atoms with E-state index in [1.54, 1.807) is 6.07 Å². The average molecular weight is 212 g/mol. The van der Waals surface area contributed by atoms with E-state index in [0.29, 0.717) is 12.0 Å². The maximum Gasteiger partial charge on any atom is 0.162 e. The van der Waals surface area contributed by atoms with Crippen LogP contribution in [-0.2, 0) is 0 Å². The Hall–Kier alpha value is -0.960. The standard InChI is InChI=1S/C12H14F2O/c13-11-6-2-5-10(12(11)14)8-3-1-4-9(15)7-8/h2,5-6,8-9,15H,1,3-4,7H2. The molecule has 1 aliphatic rings. The lowest BCUT2D eigenvalue weighted by Gasteiger charge is -2.26. The summed E-state index contributed by atoms with van der Waals surface area (Å²) in [5.41, 5.74) is 0.411. The minimum absolute atomic E-state index is 0.0375. The Morgan fingerprint density at radius 1 is 1.20 bits per heavy atom. The zero-order valence-corrected chi connectivity index (χ0v) is 8.42. The van der Waals surface area contributed by atoms with Crippen molar-refractivity contribution >= 4 is 0 Å². The van der Waals surface area contributed by atoms with Gasteiger partial charge in [-0.1, -0.05) is 18.6 Å². The number of aliphatic hydroxyl groups is 1. The van der Waals surface area contributed by atoms with E-state index in [0.717, 1.165) is 25.3 Å². The number of hydrogen-bond acceptors (Lipinski definition) is 1. The predicted molar refractivity (Wildman–Crippen MR) is 53.6 cm³/mol. The lowest BCUT2D eigenvalue weighted by molar-refractivity contribution is 0.118. The maximum absolute atomic E-state index is 13.5. The van der Waals surface area contributed by atoms with E-state index in [1.807, 2.05) is 0 Å². The fraction of sp³-hybridized carbons (Fsp3) is 0.500. The van der Waals surface area contributed by atoms with E-state index in [2.05, 4.69) is 0 Å². The quantitative estimate of drug-likeness (QED) is 0.758. The summed E-state index contributed by atoms with van der Waals surface area (Å²) in [7, 11) is 0. The molecule has 1 fully saturated rings. The second kappa shape index (κ2) is 4.27. The number of hydrogen-bond donors (Lipinski definition) is 1.